The fraction of sp³-hybridized carbons (Fsp3) is 0.389. The van der Waals surface area contributed by atoms with E-state index in [0.29, 0.717) is 5.75 Å². The van der Waals surface area contributed by atoms with Crippen LogP contribution < -0.4 is 0 Å². The van der Waals surface area contributed by atoms with E-state index in [1.807, 2.05) is 25.1 Å². The minimum Gasteiger partial charge on any atom is -0.508 e. The lowest BCUT2D eigenvalue weighted by atomic mass is 9.68. The van der Waals surface area contributed by atoms with Crippen molar-refractivity contribution < 1.29 is 9.90 Å². The SMILES string of the molecule is Cc1cc2c(cc1O)C=C1C(=O)C=CC(C)(C)[C@H]1CC2. The van der Waals surface area contributed by atoms with Crippen molar-refractivity contribution in [2.45, 2.75) is 33.6 Å². The van der Waals surface area contributed by atoms with Crippen LogP contribution in [0.5, 0.6) is 5.75 Å². The van der Waals surface area contributed by atoms with Crippen molar-refractivity contribution in [2.24, 2.45) is 11.3 Å². The highest BCUT2D eigenvalue weighted by Gasteiger charge is 2.37. The van der Waals surface area contributed by atoms with Crippen LogP contribution >= 0.6 is 0 Å². The van der Waals surface area contributed by atoms with Crippen LogP contribution in [-0.4, -0.2) is 10.9 Å². The number of ketones is 1. The summed E-state index contributed by atoms with van der Waals surface area (Å²) in [6.45, 7) is 6.29. The summed E-state index contributed by atoms with van der Waals surface area (Å²) in [7, 11) is 0. The van der Waals surface area contributed by atoms with Crippen LogP contribution in [0.1, 0.15) is 37.0 Å². The smallest absolute Gasteiger partial charge is 0.181 e. The Morgan fingerprint density at radius 2 is 2.05 bits per heavy atom. The van der Waals surface area contributed by atoms with Crippen LogP contribution in [0, 0.1) is 18.3 Å². The molecule has 2 heteroatoms. The second-order valence-corrected chi connectivity index (χ2v) is 6.55. The van der Waals surface area contributed by atoms with Crippen LogP contribution in [-0.2, 0) is 11.2 Å². The highest BCUT2D eigenvalue weighted by molar-refractivity contribution is 6.08. The molecule has 0 bridgehead atoms. The summed E-state index contributed by atoms with van der Waals surface area (Å²) < 4.78 is 0. The first-order valence-corrected chi connectivity index (χ1v) is 7.16. The fourth-order valence-electron chi connectivity index (χ4n) is 3.37. The van der Waals surface area contributed by atoms with Gasteiger partial charge in [-0.25, -0.2) is 0 Å². The Kier molecular flexibility index (Phi) is 2.86. The number of phenols is 1. The molecule has 0 aliphatic heterocycles. The van der Waals surface area contributed by atoms with Gasteiger partial charge in [-0.2, -0.15) is 0 Å². The summed E-state index contributed by atoms with van der Waals surface area (Å²) in [6, 6.07) is 3.84. The first-order chi connectivity index (χ1) is 9.38. The van der Waals surface area contributed by atoms with Crippen molar-refractivity contribution >= 4 is 11.9 Å². The monoisotopic (exact) mass is 268 g/mol. The fourth-order valence-corrected chi connectivity index (χ4v) is 3.37. The molecule has 0 heterocycles. The number of aromatic hydroxyl groups is 1. The molecule has 20 heavy (non-hydrogen) atoms. The highest BCUT2D eigenvalue weighted by Crippen LogP contribution is 2.44. The second-order valence-electron chi connectivity index (χ2n) is 6.55. The maximum absolute atomic E-state index is 12.2. The van der Waals surface area contributed by atoms with Gasteiger partial charge in [0.25, 0.3) is 0 Å². The number of benzene rings is 1. The van der Waals surface area contributed by atoms with Crippen LogP contribution in [0.2, 0.25) is 0 Å². The summed E-state index contributed by atoms with van der Waals surface area (Å²) in [5.74, 6) is 0.675. The molecule has 104 valence electrons. The normalized spacial score (nSPS) is 23.6. The molecule has 1 atom stereocenters. The van der Waals surface area contributed by atoms with Gasteiger partial charge in [-0.15, -0.1) is 0 Å². The molecule has 2 aliphatic rings. The third-order valence-corrected chi connectivity index (χ3v) is 4.69. The molecule has 2 nitrogen and oxygen atoms in total. The average molecular weight is 268 g/mol. The molecule has 0 amide bonds. The summed E-state index contributed by atoms with van der Waals surface area (Å²) in [4.78, 5) is 12.2. The number of rotatable bonds is 0. The molecule has 0 saturated carbocycles. The van der Waals surface area contributed by atoms with Crippen molar-refractivity contribution in [3.63, 3.8) is 0 Å². The average Bonchev–Trinajstić information content (AvgIpc) is 2.56. The minimum atomic E-state index is 0.0128. The van der Waals surface area contributed by atoms with Gasteiger partial charge in [-0.1, -0.05) is 26.0 Å². The van der Waals surface area contributed by atoms with Gasteiger partial charge in [0.2, 0.25) is 0 Å². The lowest BCUT2D eigenvalue weighted by molar-refractivity contribution is -0.112. The van der Waals surface area contributed by atoms with E-state index >= 15 is 0 Å². The van der Waals surface area contributed by atoms with E-state index < -0.39 is 0 Å². The molecule has 1 aromatic rings. The molecule has 0 fully saturated rings. The highest BCUT2D eigenvalue weighted by atomic mass is 16.3. The molecule has 0 aromatic heterocycles. The zero-order chi connectivity index (χ0) is 14.5. The molecule has 0 saturated heterocycles. The van der Waals surface area contributed by atoms with E-state index in [9.17, 15) is 9.90 Å². The molecule has 3 rings (SSSR count). The van der Waals surface area contributed by atoms with E-state index in [2.05, 4.69) is 13.8 Å². The second kappa shape index (κ2) is 4.34. The van der Waals surface area contributed by atoms with Gasteiger partial charge in [-0.3, -0.25) is 4.79 Å². The lowest BCUT2D eigenvalue weighted by Gasteiger charge is -2.35. The van der Waals surface area contributed by atoms with Crippen LogP contribution in [0.4, 0.5) is 0 Å². The molecule has 0 spiro atoms. The molecular weight excluding hydrogens is 248 g/mol. The van der Waals surface area contributed by atoms with E-state index in [1.54, 1.807) is 12.1 Å². The van der Waals surface area contributed by atoms with Crippen molar-refractivity contribution in [3.8, 4) is 5.75 Å². The van der Waals surface area contributed by atoms with Crippen LogP contribution in [0.25, 0.3) is 6.08 Å². The molecule has 2 aliphatic carbocycles. The van der Waals surface area contributed by atoms with E-state index in [0.717, 1.165) is 29.5 Å². The number of hydrogen-bond donors (Lipinski definition) is 1. The zero-order valence-corrected chi connectivity index (χ0v) is 12.2. The van der Waals surface area contributed by atoms with Crippen molar-refractivity contribution in [3.05, 3.63) is 46.5 Å². The Morgan fingerprint density at radius 3 is 2.80 bits per heavy atom. The third kappa shape index (κ3) is 2.00. The Morgan fingerprint density at radius 1 is 1.30 bits per heavy atom. The van der Waals surface area contributed by atoms with Crippen molar-refractivity contribution in [1.82, 2.24) is 0 Å². The molecule has 0 radical (unpaired) electrons. The number of fused-ring (bicyclic) bond motifs is 2. The maximum atomic E-state index is 12.2. The molecule has 1 N–H and O–H groups in total. The summed E-state index contributed by atoms with van der Waals surface area (Å²) in [5.41, 5.74) is 4.02. The van der Waals surface area contributed by atoms with Gasteiger partial charge < -0.3 is 5.11 Å². The first-order valence-electron chi connectivity index (χ1n) is 7.16. The number of aryl methyl sites for hydroxylation is 2. The number of phenolic OH excluding ortho intramolecular Hbond substituents is 1. The Hall–Kier alpha value is -1.83. The summed E-state index contributed by atoms with van der Waals surface area (Å²) in [5, 5.41) is 9.90. The Labute approximate surface area is 119 Å². The number of carbonyl (C=O) groups excluding carboxylic acids is 1. The lowest BCUT2D eigenvalue weighted by Crippen LogP contribution is -2.30. The van der Waals surface area contributed by atoms with Crippen LogP contribution in [0.15, 0.2) is 29.9 Å². The minimum absolute atomic E-state index is 0.0128. The van der Waals surface area contributed by atoms with E-state index in [-0.39, 0.29) is 17.1 Å². The molecule has 0 unspecified atom stereocenters. The molecule has 1 aromatic carbocycles. The topological polar surface area (TPSA) is 37.3 Å². The number of carbonyl (C=O) groups is 1. The number of hydrogen-bond acceptors (Lipinski definition) is 2. The largest absolute Gasteiger partial charge is 0.508 e. The zero-order valence-electron chi connectivity index (χ0n) is 12.2. The Bertz CT molecular complexity index is 648. The standard InChI is InChI=1S/C18H20O2/c1-11-8-12-4-5-15-14(9-13(12)10-17(11)20)16(19)6-7-18(15,2)3/h6-10,15,20H,4-5H2,1-3H3/t15-/m0/s1. The first kappa shape index (κ1) is 13.2. The predicted octanol–water partition coefficient (Wildman–Crippen LogP) is 3.81. The van der Waals surface area contributed by atoms with Gasteiger partial charge in [0.1, 0.15) is 5.75 Å². The molecular formula is C18H20O2. The summed E-state index contributed by atoms with van der Waals surface area (Å²) >= 11 is 0. The maximum Gasteiger partial charge on any atom is 0.181 e. The summed E-state index contributed by atoms with van der Waals surface area (Å²) in [6.07, 6.45) is 7.65. The van der Waals surface area contributed by atoms with E-state index in [4.69, 9.17) is 0 Å². The predicted molar refractivity (Wildman–Crippen MR) is 80.6 cm³/mol. The van der Waals surface area contributed by atoms with Gasteiger partial charge >= 0.3 is 0 Å². The Balaban J connectivity index is 2.16. The van der Waals surface area contributed by atoms with Crippen molar-refractivity contribution in [1.29, 1.82) is 0 Å². The third-order valence-electron chi connectivity index (χ3n) is 4.69. The van der Waals surface area contributed by atoms with Gasteiger partial charge in [-0.05, 0) is 66.0 Å². The van der Waals surface area contributed by atoms with Crippen molar-refractivity contribution in [2.75, 3.05) is 0 Å². The van der Waals surface area contributed by atoms with Gasteiger partial charge in [0.05, 0.1) is 0 Å². The number of allylic oxidation sites excluding steroid dienone is 3. The van der Waals surface area contributed by atoms with Crippen LogP contribution in [0.3, 0.4) is 0 Å². The van der Waals surface area contributed by atoms with Gasteiger partial charge in [0.15, 0.2) is 5.78 Å². The van der Waals surface area contributed by atoms with Gasteiger partial charge in [0, 0.05) is 5.57 Å². The van der Waals surface area contributed by atoms with E-state index in [1.165, 1.54) is 5.56 Å². The quantitative estimate of drug-likeness (QED) is 0.777.